The molecule has 2 atom stereocenters. The number of benzene rings is 2. The molecule has 2 aromatic rings. The lowest BCUT2D eigenvalue weighted by atomic mass is 9.99. The van der Waals surface area contributed by atoms with Gasteiger partial charge in [-0.25, -0.2) is 0 Å². The first-order valence-corrected chi connectivity index (χ1v) is 8.14. The fraction of sp³-hybridized carbons (Fsp3) is 0.400. The van der Waals surface area contributed by atoms with Crippen LogP contribution in [-0.2, 0) is 6.42 Å². The molecule has 0 aromatic heterocycles. The third-order valence-corrected chi connectivity index (χ3v) is 4.12. The molecule has 0 bridgehead atoms. The Morgan fingerprint density at radius 1 is 0.857 bits per heavy atom. The molecule has 1 nitrogen and oxygen atoms in total. The lowest BCUT2D eigenvalue weighted by Crippen LogP contribution is -2.24. The van der Waals surface area contributed by atoms with Crippen molar-refractivity contribution < 1.29 is 0 Å². The summed E-state index contributed by atoms with van der Waals surface area (Å²) in [5.41, 5.74) is 4.15. The van der Waals surface area contributed by atoms with E-state index in [1.54, 1.807) is 0 Å². The SMILES string of the molecule is CCCC(NC(C)c1ccc(CC)cc1)c1ccccc1. The fourth-order valence-electron chi connectivity index (χ4n) is 2.76. The van der Waals surface area contributed by atoms with E-state index in [9.17, 15) is 0 Å². The topological polar surface area (TPSA) is 12.0 Å². The third kappa shape index (κ3) is 4.44. The van der Waals surface area contributed by atoms with Crippen LogP contribution in [0.2, 0.25) is 0 Å². The summed E-state index contributed by atoms with van der Waals surface area (Å²) in [4.78, 5) is 0. The lowest BCUT2D eigenvalue weighted by molar-refractivity contribution is 0.439. The number of nitrogens with one attached hydrogen (secondary N) is 1. The summed E-state index contributed by atoms with van der Waals surface area (Å²) in [5, 5.41) is 3.79. The molecule has 2 unspecified atom stereocenters. The highest BCUT2D eigenvalue weighted by atomic mass is 14.9. The Morgan fingerprint density at radius 3 is 2.10 bits per heavy atom. The summed E-state index contributed by atoms with van der Waals surface area (Å²) in [5.74, 6) is 0. The van der Waals surface area contributed by atoms with Crippen LogP contribution in [0.25, 0.3) is 0 Å². The van der Waals surface area contributed by atoms with Gasteiger partial charge in [0.2, 0.25) is 0 Å². The van der Waals surface area contributed by atoms with Gasteiger partial charge in [-0.15, -0.1) is 0 Å². The van der Waals surface area contributed by atoms with Crippen molar-refractivity contribution in [2.24, 2.45) is 0 Å². The maximum Gasteiger partial charge on any atom is 0.0325 e. The van der Waals surface area contributed by atoms with E-state index in [1.807, 2.05) is 0 Å². The van der Waals surface area contributed by atoms with E-state index >= 15 is 0 Å². The maximum atomic E-state index is 3.79. The fourth-order valence-corrected chi connectivity index (χ4v) is 2.76. The van der Waals surface area contributed by atoms with Crippen molar-refractivity contribution in [3.63, 3.8) is 0 Å². The molecule has 0 amide bonds. The monoisotopic (exact) mass is 281 g/mol. The first-order valence-electron chi connectivity index (χ1n) is 8.14. The summed E-state index contributed by atoms with van der Waals surface area (Å²) in [7, 11) is 0. The van der Waals surface area contributed by atoms with Crippen molar-refractivity contribution in [1.29, 1.82) is 0 Å². The Kier molecular flexibility index (Phi) is 6.01. The standard InChI is InChI=1S/C20H27N/c1-4-9-20(19-10-7-6-8-11-19)21-16(3)18-14-12-17(5-2)13-15-18/h6-8,10-16,20-21H,4-5,9H2,1-3H3. The smallest absolute Gasteiger partial charge is 0.0325 e. The Morgan fingerprint density at radius 2 is 1.52 bits per heavy atom. The molecular formula is C20H27N. The summed E-state index contributed by atoms with van der Waals surface area (Å²) < 4.78 is 0. The van der Waals surface area contributed by atoms with E-state index in [0.29, 0.717) is 12.1 Å². The predicted molar refractivity (Wildman–Crippen MR) is 91.5 cm³/mol. The largest absolute Gasteiger partial charge is 0.303 e. The van der Waals surface area contributed by atoms with Crippen LogP contribution < -0.4 is 5.32 Å². The van der Waals surface area contributed by atoms with Gasteiger partial charge in [0.1, 0.15) is 0 Å². The molecule has 0 spiro atoms. The second-order valence-electron chi connectivity index (χ2n) is 5.74. The maximum absolute atomic E-state index is 3.79. The zero-order valence-corrected chi connectivity index (χ0v) is 13.5. The average Bonchev–Trinajstić information content (AvgIpc) is 2.55. The van der Waals surface area contributed by atoms with Crippen LogP contribution in [0.1, 0.15) is 62.4 Å². The van der Waals surface area contributed by atoms with Gasteiger partial charge in [-0.3, -0.25) is 0 Å². The number of aryl methyl sites for hydroxylation is 1. The van der Waals surface area contributed by atoms with Gasteiger partial charge in [0.05, 0.1) is 0 Å². The van der Waals surface area contributed by atoms with Gasteiger partial charge >= 0.3 is 0 Å². The summed E-state index contributed by atoms with van der Waals surface area (Å²) >= 11 is 0. The molecule has 1 N–H and O–H groups in total. The molecule has 21 heavy (non-hydrogen) atoms. The van der Waals surface area contributed by atoms with Crippen LogP contribution in [0, 0.1) is 0 Å². The minimum absolute atomic E-state index is 0.368. The van der Waals surface area contributed by atoms with Crippen LogP contribution in [0.5, 0.6) is 0 Å². The van der Waals surface area contributed by atoms with Crippen molar-refractivity contribution in [2.45, 2.75) is 52.1 Å². The van der Waals surface area contributed by atoms with Crippen molar-refractivity contribution in [3.8, 4) is 0 Å². The van der Waals surface area contributed by atoms with Gasteiger partial charge in [0.25, 0.3) is 0 Å². The third-order valence-electron chi connectivity index (χ3n) is 4.12. The molecule has 0 aliphatic carbocycles. The lowest BCUT2D eigenvalue weighted by Gasteiger charge is -2.24. The van der Waals surface area contributed by atoms with E-state index in [1.165, 1.54) is 29.5 Å². The highest BCUT2D eigenvalue weighted by Gasteiger charge is 2.14. The van der Waals surface area contributed by atoms with Crippen LogP contribution in [0.3, 0.4) is 0 Å². The van der Waals surface area contributed by atoms with Gasteiger partial charge < -0.3 is 5.32 Å². The summed E-state index contributed by atoms with van der Waals surface area (Å²) in [6.45, 7) is 6.70. The van der Waals surface area contributed by atoms with E-state index in [2.05, 4.69) is 80.7 Å². The van der Waals surface area contributed by atoms with E-state index in [4.69, 9.17) is 0 Å². The Labute approximate surface area is 129 Å². The molecule has 2 rings (SSSR count). The molecule has 0 saturated carbocycles. The molecule has 2 aromatic carbocycles. The van der Waals surface area contributed by atoms with Gasteiger partial charge in [-0.1, -0.05) is 74.9 Å². The average molecular weight is 281 g/mol. The Balaban J connectivity index is 2.08. The van der Waals surface area contributed by atoms with Crippen LogP contribution in [0.15, 0.2) is 54.6 Å². The highest BCUT2D eigenvalue weighted by Crippen LogP contribution is 2.23. The van der Waals surface area contributed by atoms with Crippen molar-refractivity contribution in [3.05, 3.63) is 71.3 Å². The molecule has 0 heterocycles. The molecule has 0 fully saturated rings. The normalized spacial score (nSPS) is 13.9. The van der Waals surface area contributed by atoms with Crippen LogP contribution in [0.4, 0.5) is 0 Å². The Bertz CT molecular complexity index is 515. The number of hydrogen-bond donors (Lipinski definition) is 1. The molecule has 112 valence electrons. The quantitative estimate of drug-likeness (QED) is 0.712. The molecule has 1 heteroatoms. The van der Waals surface area contributed by atoms with Crippen molar-refractivity contribution in [2.75, 3.05) is 0 Å². The molecule has 0 saturated heterocycles. The van der Waals surface area contributed by atoms with Crippen LogP contribution in [-0.4, -0.2) is 0 Å². The number of hydrogen-bond acceptors (Lipinski definition) is 1. The first-order chi connectivity index (χ1) is 10.2. The molecular weight excluding hydrogens is 254 g/mol. The summed E-state index contributed by atoms with van der Waals surface area (Å²) in [6, 6.07) is 20.6. The minimum Gasteiger partial charge on any atom is -0.303 e. The molecule has 0 radical (unpaired) electrons. The van der Waals surface area contributed by atoms with E-state index in [0.717, 1.165) is 6.42 Å². The molecule has 0 aliphatic heterocycles. The van der Waals surface area contributed by atoms with Gasteiger partial charge in [-0.05, 0) is 36.5 Å². The number of rotatable bonds is 7. The zero-order valence-electron chi connectivity index (χ0n) is 13.5. The van der Waals surface area contributed by atoms with Crippen LogP contribution >= 0.6 is 0 Å². The summed E-state index contributed by atoms with van der Waals surface area (Å²) in [6.07, 6.45) is 3.46. The first kappa shape index (κ1) is 15.8. The van der Waals surface area contributed by atoms with Crippen molar-refractivity contribution >= 4 is 0 Å². The van der Waals surface area contributed by atoms with Gasteiger partial charge in [-0.2, -0.15) is 0 Å². The second kappa shape index (κ2) is 7.99. The van der Waals surface area contributed by atoms with Gasteiger partial charge in [0.15, 0.2) is 0 Å². The molecule has 0 aliphatic rings. The van der Waals surface area contributed by atoms with E-state index in [-0.39, 0.29) is 0 Å². The minimum atomic E-state index is 0.368. The Hall–Kier alpha value is -1.60. The predicted octanol–water partition coefficient (Wildman–Crippen LogP) is 5.44. The van der Waals surface area contributed by atoms with Gasteiger partial charge in [0, 0.05) is 12.1 Å². The highest BCUT2D eigenvalue weighted by molar-refractivity contribution is 5.26. The second-order valence-corrected chi connectivity index (χ2v) is 5.74. The van der Waals surface area contributed by atoms with E-state index < -0.39 is 0 Å². The van der Waals surface area contributed by atoms with Crippen molar-refractivity contribution in [1.82, 2.24) is 5.32 Å². The zero-order chi connectivity index (χ0) is 15.1.